The van der Waals surface area contributed by atoms with Gasteiger partial charge in [0.05, 0.1) is 22.7 Å². The third-order valence-electron chi connectivity index (χ3n) is 4.27. The fourth-order valence-corrected chi connectivity index (χ4v) is 2.75. The summed E-state index contributed by atoms with van der Waals surface area (Å²) in [5.74, 6) is -0.708. The number of nitrogens with one attached hydrogen (secondary N) is 3. The van der Waals surface area contributed by atoms with Gasteiger partial charge in [-0.1, -0.05) is 6.07 Å². The number of carbonyl (C=O) groups is 2. The number of rotatable bonds is 4. The van der Waals surface area contributed by atoms with Gasteiger partial charge < -0.3 is 16.0 Å². The van der Waals surface area contributed by atoms with E-state index >= 15 is 0 Å². The average molecular weight is 354 g/mol. The largest absolute Gasteiger partial charge is 0.372 e. The van der Waals surface area contributed by atoms with Gasteiger partial charge in [-0.05, 0) is 43.2 Å². The molecule has 134 valence electrons. The summed E-state index contributed by atoms with van der Waals surface area (Å²) < 4.78 is 0. The number of aryl methyl sites for hydroxylation is 2. The molecule has 0 bridgehead atoms. The van der Waals surface area contributed by atoms with Crippen LogP contribution in [0.4, 0.5) is 22.7 Å². The Morgan fingerprint density at radius 3 is 2.58 bits per heavy atom. The normalized spacial score (nSPS) is 15.5. The van der Waals surface area contributed by atoms with Crippen molar-refractivity contribution in [2.45, 2.75) is 26.3 Å². The first-order valence-electron chi connectivity index (χ1n) is 8.06. The average Bonchev–Trinajstić information content (AvgIpc) is 2.57. The maximum absolute atomic E-state index is 12.2. The fraction of sp³-hybridized carbons (Fsp3) is 0.222. The Morgan fingerprint density at radius 2 is 1.88 bits per heavy atom. The molecular weight excluding hydrogens is 336 g/mol. The molecule has 26 heavy (non-hydrogen) atoms. The van der Waals surface area contributed by atoms with Crippen LogP contribution in [0, 0.1) is 24.0 Å². The molecule has 1 aliphatic heterocycles. The van der Waals surface area contributed by atoms with Gasteiger partial charge in [0, 0.05) is 17.8 Å². The van der Waals surface area contributed by atoms with Crippen molar-refractivity contribution in [3.63, 3.8) is 0 Å². The first kappa shape index (κ1) is 17.4. The molecule has 1 heterocycles. The highest BCUT2D eigenvalue weighted by atomic mass is 16.6. The number of non-ortho nitro benzene ring substituents is 1. The van der Waals surface area contributed by atoms with Gasteiger partial charge >= 0.3 is 0 Å². The minimum atomic E-state index is -0.719. The van der Waals surface area contributed by atoms with Crippen LogP contribution in [0.1, 0.15) is 17.5 Å². The van der Waals surface area contributed by atoms with Crippen LogP contribution in [-0.2, 0) is 9.59 Å². The van der Waals surface area contributed by atoms with Crippen LogP contribution >= 0.6 is 0 Å². The topological polar surface area (TPSA) is 113 Å². The number of carbonyl (C=O) groups excluding carboxylic acids is 2. The lowest BCUT2D eigenvalue weighted by Gasteiger charge is -2.27. The molecule has 8 heteroatoms. The van der Waals surface area contributed by atoms with E-state index in [1.165, 1.54) is 18.2 Å². The van der Waals surface area contributed by atoms with Gasteiger partial charge in [-0.2, -0.15) is 0 Å². The number of nitro benzene ring substituents is 1. The van der Waals surface area contributed by atoms with Crippen molar-refractivity contribution in [3.8, 4) is 0 Å². The van der Waals surface area contributed by atoms with Gasteiger partial charge in [-0.25, -0.2) is 0 Å². The molecule has 0 fully saturated rings. The summed E-state index contributed by atoms with van der Waals surface area (Å²) in [5, 5.41) is 19.3. The fourth-order valence-electron chi connectivity index (χ4n) is 2.75. The predicted molar refractivity (Wildman–Crippen MR) is 98.3 cm³/mol. The Kier molecular flexibility index (Phi) is 4.57. The Bertz CT molecular complexity index is 910. The third-order valence-corrected chi connectivity index (χ3v) is 4.27. The van der Waals surface area contributed by atoms with Crippen molar-refractivity contribution in [1.29, 1.82) is 0 Å². The van der Waals surface area contributed by atoms with Gasteiger partial charge in [0.2, 0.25) is 11.8 Å². The molecule has 0 spiro atoms. The molecule has 0 aromatic heterocycles. The maximum Gasteiger partial charge on any atom is 0.271 e. The molecular formula is C18H18N4O4. The van der Waals surface area contributed by atoms with Gasteiger partial charge in [-0.3, -0.25) is 19.7 Å². The molecule has 3 N–H and O–H groups in total. The first-order chi connectivity index (χ1) is 12.3. The van der Waals surface area contributed by atoms with E-state index < -0.39 is 16.9 Å². The minimum absolute atomic E-state index is 0.0963. The van der Waals surface area contributed by atoms with E-state index in [2.05, 4.69) is 16.0 Å². The van der Waals surface area contributed by atoms with Crippen molar-refractivity contribution >= 4 is 34.6 Å². The van der Waals surface area contributed by atoms with Crippen LogP contribution in [0.3, 0.4) is 0 Å². The molecule has 0 saturated carbocycles. The minimum Gasteiger partial charge on any atom is -0.372 e. The Balaban J connectivity index is 1.69. The summed E-state index contributed by atoms with van der Waals surface area (Å²) in [7, 11) is 0. The van der Waals surface area contributed by atoms with Gasteiger partial charge in [-0.15, -0.1) is 0 Å². The van der Waals surface area contributed by atoms with E-state index in [1.807, 2.05) is 26.0 Å². The van der Waals surface area contributed by atoms with Crippen LogP contribution in [0.15, 0.2) is 36.4 Å². The van der Waals surface area contributed by atoms with Crippen LogP contribution in [-0.4, -0.2) is 22.8 Å². The first-order valence-corrected chi connectivity index (χ1v) is 8.06. The summed E-state index contributed by atoms with van der Waals surface area (Å²) in [6, 6.07) is 8.75. The van der Waals surface area contributed by atoms with Gasteiger partial charge in [0.25, 0.3) is 5.69 Å². The zero-order valence-electron chi connectivity index (χ0n) is 14.3. The Morgan fingerprint density at radius 1 is 1.19 bits per heavy atom. The second-order valence-electron chi connectivity index (χ2n) is 6.23. The lowest BCUT2D eigenvalue weighted by Crippen LogP contribution is -2.41. The van der Waals surface area contributed by atoms with Crippen molar-refractivity contribution in [2.75, 3.05) is 16.0 Å². The van der Waals surface area contributed by atoms with Crippen molar-refractivity contribution < 1.29 is 14.5 Å². The third kappa shape index (κ3) is 3.64. The number of amides is 2. The highest BCUT2D eigenvalue weighted by molar-refractivity contribution is 6.06. The highest BCUT2D eigenvalue weighted by Gasteiger charge is 2.28. The van der Waals surface area contributed by atoms with Crippen LogP contribution in [0.25, 0.3) is 0 Å². The number of nitrogens with zero attached hydrogens (tertiary/aromatic N) is 1. The van der Waals surface area contributed by atoms with Gasteiger partial charge in [0.15, 0.2) is 0 Å². The maximum atomic E-state index is 12.2. The van der Waals surface area contributed by atoms with E-state index in [4.69, 9.17) is 0 Å². The number of nitro groups is 1. The van der Waals surface area contributed by atoms with E-state index in [0.717, 1.165) is 16.8 Å². The van der Waals surface area contributed by atoms with Crippen molar-refractivity contribution in [2.24, 2.45) is 0 Å². The Labute approximate surface area is 149 Å². The van der Waals surface area contributed by atoms with E-state index in [-0.39, 0.29) is 18.0 Å². The number of hydrogen-bond donors (Lipinski definition) is 3. The molecule has 0 aliphatic carbocycles. The van der Waals surface area contributed by atoms with E-state index in [0.29, 0.717) is 11.4 Å². The molecule has 2 aromatic carbocycles. The molecule has 0 saturated heterocycles. The molecule has 2 amide bonds. The number of benzene rings is 2. The van der Waals surface area contributed by atoms with Crippen LogP contribution < -0.4 is 16.0 Å². The Hall–Kier alpha value is -3.42. The van der Waals surface area contributed by atoms with Crippen LogP contribution in [0.2, 0.25) is 0 Å². The molecule has 1 unspecified atom stereocenters. The number of anilines is 3. The summed E-state index contributed by atoms with van der Waals surface area (Å²) in [4.78, 5) is 34.7. The standard InChI is InChI=1S/C18H18N4O4/c1-10-6-14-15(7-11(10)2)21-18(24)16(20-14)9-17(23)19-12-4-3-5-13(8-12)22(25)26/h3-8,16,20H,9H2,1-2H3,(H,19,23)(H,21,24). The van der Waals surface area contributed by atoms with E-state index in [9.17, 15) is 19.7 Å². The number of fused-ring (bicyclic) bond motifs is 1. The zero-order chi connectivity index (χ0) is 18.8. The zero-order valence-corrected chi connectivity index (χ0v) is 14.3. The second-order valence-corrected chi connectivity index (χ2v) is 6.23. The summed E-state index contributed by atoms with van der Waals surface area (Å²) in [6.45, 7) is 3.93. The van der Waals surface area contributed by atoms with Crippen molar-refractivity contribution in [1.82, 2.24) is 0 Å². The molecule has 1 aliphatic rings. The lowest BCUT2D eigenvalue weighted by molar-refractivity contribution is -0.384. The quantitative estimate of drug-likeness (QED) is 0.577. The molecule has 8 nitrogen and oxygen atoms in total. The smallest absolute Gasteiger partial charge is 0.271 e. The molecule has 1 atom stereocenters. The predicted octanol–water partition coefficient (Wildman–Crippen LogP) is 2.97. The van der Waals surface area contributed by atoms with E-state index in [1.54, 1.807) is 6.07 Å². The highest BCUT2D eigenvalue weighted by Crippen LogP contribution is 2.30. The molecule has 0 radical (unpaired) electrons. The number of hydrogen-bond acceptors (Lipinski definition) is 5. The van der Waals surface area contributed by atoms with Crippen LogP contribution in [0.5, 0.6) is 0 Å². The monoisotopic (exact) mass is 354 g/mol. The summed E-state index contributed by atoms with van der Waals surface area (Å²) in [5.41, 5.74) is 3.79. The molecule has 2 aromatic rings. The summed E-state index contributed by atoms with van der Waals surface area (Å²) in [6.07, 6.45) is -0.0963. The SMILES string of the molecule is Cc1cc2c(cc1C)NC(CC(=O)Nc1cccc([N+](=O)[O-])c1)C(=O)N2. The van der Waals surface area contributed by atoms with Gasteiger partial charge in [0.1, 0.15) is 6.04 Å². The second kappa shape index (κ2) is 6.83. The summed E-state index contributed by atoms with van der Waals surface area (Å²) >= 11 is 0. The lowest BCUT2D eigenvalue weighted by atomic mass is 10.0. The van der Waals surface area contributed by atoms with Crippen molar-refractivity contribution in [3.05, 3.63) is 57.6 Å². The molecule has 3 rings (SSSR count).